The first-order chi connectivity index (χ1) is 7.94. The van der Waals surface area contributed by atoms with Crippen LogP contribution >= 0.6 is 15.9 Å². The Morgan fingerprint density at radius 1 is 1.29 bits per heavy atom. The van der Waals surface area contributed by atoms with Crippen LogP contribution in [0, 0.1) is 6.92 Å². The van der Waals surface area contributed by atoms with Gasteiger partial charge in [-0.05, 0) is 36.8 Å². The molecule has 96 valence electrons. The van der Waals surface area contributed by atoms with Crippen molar-refractivity contribution in [3.63, 3.8) is 0 Å². The maximum atomic E-state index is 11.1. The number of halogens is 1. The van der Waals surface area contributed by atoms with Crippen molar-refractivity contribution in [2.75, 3.05) is 17.3 Å². The Hall–Kier alpha value is -0.350. The van der Waals surface area contributed by atoms with E-state index in [4.69, 9.17) is 0 Å². The number of sulfone groups is 1. The fourth-order valence-corrected chi connectivity index (χ4v) is 3.32. The van der Waals surface area contributed by atoms with Crippen molar-refractivity contribution >= 4 is 25.8 Å². The summed E-state index contributed by atoms with van der Waals surface area (Å²) in [6, 6.07) is 8.29. The molecule has 0 heterocycles. The first-order valence-electron chi connectivity index (χ1n) is 5.73. The second kappa shape index (κ2) is 6.55. The zero-order valence-corrected chi connectivity index (χ0v) is 12.7. The lowest BCUT2D eigenvalue weighted by Crippen LogP contribution is -2.07. The molecule has 0 amide bonds. The van der Waals surface area contributed by atoms with Gasteiger partial charge in [0.1, 0.15) is 9.84 Å². The van der Waals surface area contributed by atoms with Gasteiger partial charge in [-0.3, -0.25) is 0 Å². The quantitative estimate of drug-likeness (QED) is 0.754. The number of benzene rings is 1. The standard InChI is InChI=1S/C13H19BrO2S/c1-11-6-3-4-8-13(11)12(10-14)7-5-9-17(2,15)16/h3-4,6,8,12H,5,7,9-10H2,1-2H3. The first-order valence-corrected chi connectivity index (χ1v) is 8.91. The maximum absolute atomic E-state index is 11.1. The predicted molar refractivity (Wildman–Crippen MR) is 76.7 cm³/mol. The Morgan fingerprint density at radius 3 is 2.47 bits per heavy atom. The molecule has 0 fully saturated rings. The summed E-state index contributed by atoms with van der Waals surface area (Å²) in [5.41, 5.74) is 2.59. The molecule has 0 radical (unpaired) electrons. The minimum atomic E-state index is -2.84. The van der Waals surface area contributed by atoms with E-state index in [9.17, 15) is 8.42 Å². The van der Waals surface area contributed by atoms with Gasteiger partial charge in [-0.25, -0.2) is 8.42 Å². The SMILES string of the molecule is Cc1ccccc1C(CBr)CCCS(C)(=O)=O. The Morgan fingerprint density at radius 2 is 1.94 bits per heavy atom. The smallest absolute Gasteiger partial charge is 0.147 e. The summed E-state index contributed by atoms with van der Waals surface area (Å²) in [6.45, 7) is 2.10. The molecule has 1 rings (SSSR count). The van der Waals surface area contributed by atoms with Gasteiger partial charge in [0, 0.05) is 17.3 Å². The topological polar surface area (TPSA) is 34.1 Å². The number of rotatable bonds is 6. The van der Waals surface area contributed by atoms with E-state index in [2.05, 4.69) is 35.0 Å². The molecule has 1 aromatic carbocycles. The third-order valence-corrected chi connectivity index (χ3v) is 4.69. The number of hydrogen-bond acceptors (Lipinski definition) is 2. The van der Waals surface area contributed by atoms with E-state index in [0.717, 1.165) is 18.2 Å². The van der Waals surface area contributed by atoms with E-state index in [1.54, 1.807) is 0 Å². The molecule has 1 atom stereocenters. The summed E-state index contributed by atoms with van der Waals surface area (Å²) >= 11 is 3.52. The van der Waals surface area contributed by atoms with Gasteiger partial charge in [-0.1, -0.05) is 40.2 Å². The molecule has 1 aromatic rings. The highest BCUT2D eigenvalue weighted by Crippen LogP contribution is 2.26. The normalized spacial score (nSPS) is 13.6. The Kier molecular flexibility index (Phi) is 5.67. The molecule has 2 nitrogen and oxygen atoms in total. The molecule has 0 aromatic heterocycles. The molecular weight excluding hydrogens is 300 g/mol. The van der Waals surface area contributed by atoms with E-state index in [0.29, 0.717) is 5.92 Å². The van der Waals surface area contributed by atoms with Crippen molar-refractivity contribution in [3.8, 4) is 0 Å². The Labute approximate surface area is 112 Å². The zero-order valence-electron chi connectivity index (χ0n) is 10.3. The lowest BCUT2D eigenvalue weighted by atomic mass is 9.93. The van der Waals surface area contributed by atoms with Gasteiger partial charge in [0.25, 0.3) is 0 Å². The lowest BCUT2D eigenvalue weighted by molar-refractivity contribution is 0.592. The van der Waals surface area contributed by atoms with Gasteiger partial charge in [-0.15, -0.1) is 0 Å². The van der Waals surface area contributed by atoms with Gasteiger partial charge >= 0.3 is 0 Å². The number of alkyl halides is 1. The average Bonchev–Trinajstić information content (AvgIpc) is 2.24. The van der Waals surface area contributed by atoms with Crippen molar-refractivity contribution in [1.82, 2.24) is 0 Å². The second-order valence-electron chi connectivity index (χ2n) is 4.48. The summed E-state index contributed by atoms with van der Waals surface area (Å²) in [7, 11) is -2.84. The summed E-state index contributed by atoms with van der Waals surface area (Å²) in [4.78, 5) is 0. The highest BCUT2D eigenvalue weighted by molar-refractivity contribution is 9.09. The van der Waals surface area contributed by atoms with Crippen LogP contribution in [-0.4, -0.2) is 25.8 Å². The minimum Gasteiger partial charge on any atom is -0.229 e. The minimum absolute atomic E-state index is 0.280. The summed E-state index contributed by atoms with van der Waals surface area (Å²) in [6.07, 6.45) is 2.93. The van der Waals surface area contributed by atoms with Gasteiger partial charge in [0.2, 0.25) is 0 Å². The molecule has 1 unspecified atom stereocenters. The van der Waals surface area contributed by atoms with Gasteiger partial charge in [0.15, 0.2) is 0 Å². The van der Waals surface area contributed by atoms with Gasteiger partial charge < -0.3 is 0 Å². The molecule has 0 aliphatic heterocycles. The zero-order chi connectivity index (χ0) is 12.9. The van der Waals surface area contributed by atoms with Crippen LogP contribution in [0.5, 0.6) is 0 Å². The van der Waals surface area contributed by atoms with Crippen LogP contribution in [0.15, 0.2) is 24.3 Å². The Bertz CT molecular complexity index is 454. The molecule has 17 heavy (non-hydrogen) atoms. The van der Waals surface area contributed by atoms with E-state index in [-0.39, 0.29) is 5.75 Å². The van der Waals surface area contributed by atoms with Crippen molar-refractivity contribution in [1.29, 1.82) is 0 Å². The first kappa shape index (κ1) is 14.7. The molecular formula is C13H19BrO2S. The summed E-state index contributed by atoms with van der Waals surface area (Å²) < 4.78 is 22.2. The molecule has 0 saturated carbocycles. The monoisotopic (exact) mass is 318 g/mol. The number of hydrogen-bond donors (Lipinski definition) is 0. The largest absolute Gasteiger partial charge is 0.229 e. The maximum Gasteiger partial charge on any atom is 0.147 e. The molecule has 0 saturated heterocycles. The lowest BCUT2D eigenvalue weighted by Gasteiger charge is -2.16. The second-order valence-corrected chi connectivity index (χ2v) is 7.39. The van der Waals surface area contributed by atoms with Crippen LogP contribution in [0.4, 0.5) is 0 Å². The predicted octanol–water partition coefficient (Wildman–Crippen LogP) is 3.30. The fourth-order valence-electron chi connectivity index (χ4n) is 1.95. The molecule has 0 aliphatic rings. The van der Waals surface area contributed by atoms with Crippen molar-refractivity contribution in [3.05, 3.63) is 35.4 Å². The van der Waals surface area contributed by atoms with Crippen molar-refractivity contribution < 1.29 is 8.42 Å². The average molecular weight is 319 g/mol. The van der Waals surface area contributed by atoms with E-state index in [1.807, 2.05) is 12.1 Å². The molecule has 0 spiro atoms. The van der Waals surface area contributed by atoms with E-state index < -0.39 is 9.84 Å². The van der Waals surface area contributed by atoms with E-state index >= 15 is 0 Å². The highest BCUT2D eigenvalue weighted by atomic mass is 79.9. The van der Waals surface area contributed by atoms with Crippen molar-refractivity contribution in [2.24, 2.45) is 0 Å². The highest BCUT2D eigenvalue weighted by Gasteiger charge is 2.13. The molecule has 0 N–H and O–H groups in total. The third kappa shape index (κ3) is 5.21. The summed E-state index contributed by atoms with van der Waals surface area (Å²) in [5, 5.41) is 0.877. The van der Waals surface area contributed by atoms with Crippen LogP contribution in [0.1, 0.15) is 29.9 Å². The van der Waals surface area contributed by atoms with Crippen LogP contribution in [0.3, 0.4) is 0 Å². The van der Waals surface area contributed by atoms with E-state index in [1.165, 1.54) is 17.4 Å². The van der Waals surface area contributed by atoms with Crippen LogP contribution in [0.2, 0.25) is 0 Å². The van der Waals surface area contributed by atoms with Gasteiger partial charge in [-0.2, -0.15) is 0 Å². The molecule has 0 bridgehead atoms. The molecule has 4 heteroatoms. The van der Waals surface area contributed by atoms with Crippen LogP contribution in [0.25, 0.3) is 0 Å². The fraction of sp³-hybridized carbons (Fsp3) is 0.538. The van der Waals surface area contributed by atoms with Crippen LogP contribution < -0.4 is 0 Å². The third-order valence-electron chi connectivity index (χ3n) is 2.88. The molecule has 0 aliphatic carbocycles. The van der Waals surface area contributed by atoms with Crippen LogP contribution in [-0.2, 0) is 9.84 Å². The van der Waals surface area contributed by atoms with Gasteiger partial charge in [0.05, 0.1) is 0 Å². The Balaban J connectivity index is 2.64. The summed E-state index contributed by atoms with van der Waals surface area (Å²) in [5.74, 6) is 0.681. The van der Waals surface area contributed by atoms with Crippen molar-refractivity contribution in [2.45, 2.75) is 25.7 Å². The number of aryl methyl sites for hydroxylation is 1.